The van der Waals surface area contributed by atoms with Crippen molar-refractivity contribution in [2.75, 3.05) is 6.54 Å². The third-order valence-corrected chi connectivity index (χ3v) is 3.52. The van der Waals surface area contributed by atoms with Crippen LogP contribution in [0, 0.1) is 17.0 Å². The zero-order valence-corrected chi connectivity index (χ0v) is 12.5. The van der Waals surface area contributed by atoms with E-state index in [-0.39, 0.29) is 11.3 Å². The smallest absolute Gasteiger partial charge is 0.159 e. The molecule has 1 aromatic rings. The Labute approximate surface area is 124 Å². The lowest BCUT2D eigenvalue weighted by Crippen LogP contribution is -2.32. The highest BCUT2D eigenvalue weighted by Gasteiger charge is 2.22. The average Bonchev–Trinajstić information content (AvgIpc) is 2.45. The molecule has 0 amide bonds. The quantitative estimate of drug-likeness (QED) is 0.227. The van der Waals surface area contributed by atoms with Gasteiger partial charge in [0.15, 0.2) is 11.6 Å². The van der Waals surface area contributed by atoms with Crippen molar-refractivity contribution in [2.45, 2.75) is 39.7 Å². The van der Waals surface area contributed by atoms with E-state index in [9.17, 15) is 8.78 Å². The van der Waals surface area contributed by atoms with E-state index in [0.717, 1.165) is 31.9 Å². The fourth-order valence-electron chi connectivity index (χ4n) is 1.96. The number of nitrogens with one attached hydrogen (secondary N) is 1. The summed E-state index contributed by atoms with van der Waals surface area (Å²) in [7, 11) is 0. The lowest BCUT2D eigenvalue weighted by atomic mass is 9.86. The lowest BCUT2D eigenvalue weighted by Gasteiger charge is -2.22. The standard InChI is InChI=1S/C15H23F2N3O/c1-15(2,14(18)20-21)7-3-4-8-19-10-11-5-6-12(16)13(17)9-11/h5-6,9,19,21H,3-4,7-8,10H2,1-2H3,(H2,18,20). The second-order valence-electron chi connectivity index (χ2n) is 5.75. The molecule has 21 heavy (non-hydrogen) atoms. The summed E-state index contributed by atoms with van der Waals surface area (Å²) in [5, 5.41) is 14.9. The van der Waals surface area contributed by atoms with Crippen molar-refractivity contribution >= 4 is 5.84 Å². The molecule has 4 nitrogen and oxygen atoms in total. The Morgan fingerprint density at radius 3 is 2.62 bits per heavy atom. The minimum absolute atomic E-state index is 0.234. The van der Waals surface area contributed by atoms with Gasteiger partial charge in [0.25, 0.3) is 0 Å². The third-order valence-electron chi connectivity index (χ3n) is 3.52. The fourth-order valence-corrected chi connectivity index (χ4v) is 1.96. The van der Waals surface area contributed by atoms with Crippen molar-refractivity contribution in [2.24, 2.45) is 16.3 Å². The first kappa shape index (κ1) is 17.4. The largest absolute Gasteiger partial charge is 0.409 e. The van der Waals surface area contributed by atoms with Gasteiger partial charge < -0.3 is 16.3 Å². The molecule has 0 unspecified atom stereocenters. The van der Waals surface area contributed by atoms with Crippen molar-refractivity contribution in [3.8, 4) is 0 Å². The highest BCUT2D eigenvalue weighted by atomic mass is 19.2. The summed E-state index contributed by atoms with van der Waals surface area (Å²) in [5.74, 6) is -1.42. The van der Waals surface area contributed by atoms with Crippen LogP contribution in [0.3, 0.4) is 0 Å². The number of unbranched alkanes of at least 4 members (excludes halogenated alkanes) is 1. The first-order valence-corrected chi connectivity index (χ1v) is 6.99. The molecule has 1 rings (SSSR count). The summed E-state index contributed by atoms with van der Waals surface area (Å²) in [4.78, 5) is 0. The number of rotatable bonds is 8. The molecule has 0 saturated carbocycles. The van der Waals surface area contributed by atoms with Crippen molar-refractivity contribution in [3.63, 3.8) is 0 Å². The van der Waals surface area contributed by atoms with Crippen LogP contribution in [-0.4, -0.2) is 17.6 Å². The van der Waals surface area contributed by atoms with Gasteiger partial charge in [0, 0.05) is 12.0 Å². The highest BCUT2D eigenvalue weighted by molar-refractivity contribution is 5.85. The first-order chi connectivity index (χ1) is 9.86. The predicted molar refractivity (Wildman–Crippen MR) is 79.1 cm³/mol. The second kappa shape index (κ2) is 7.93. The van der Waals surface area contributed by atoms with Gasteiger partial charge in [-0.2, -0.15) is 0 Å². The summed E-state index contributed by atoms with van der Waals surface area (Å²) < 4.78 is 25.8. The van der Waals surface area contributed by atoms with Gasteiger partial charge in [0.2, 0.25) is 0 Å². The third kappa shape index (κ3) is 5.67. The molecule has 0 aliphatic carbocycles. The van der Waals surface area contributed by atoms with Gasteiger partial charge in [0.05, 0.1) is 0 Å². The van der Waals surface area contributed by atoms with E-state index in [1.807, 2.05) is 13.8 Å². The summed E-state index contributed by atoms with van der Waals surface area (Å²) >= 11 is 0. The van der Waals surface area contributed by atoms with E-state index in [1.165, 1.54) is 6.07 Å². The molecule has 1 aromatic carbocycles. The van der Waals surface area contributed by atoms with Gasteiger partial charge in [-0.15, -0.1) is 0 Å². The van der Waals surface area contributed by atoms with Crippen molar-refractivity contribution in [1.29, 1.82) is 0 Å². The molecule has 0 atom stereocenters. The molecule has 0 spiro atoms. The van der Waals surface area contributed by atoms with Gasteiger partial charge in [-0.25, -0.2) is 8.78 Å². The van der Waals surface area contributed by atoms with Crippen molar-refractivity contribution in [1.82, 2.24) is 5.32 Å². The molecular formula is C15H23F2N3O. The number of nitrogens with zero attached hydrogens (tertiary/aromatic N) is 1. The number of hydrogen-bond acceptors (Lipinski definition) is 3. The van der Waals surface area contributed by atoms with Crippen LogP contribution >= 0.6 is 0 Å². The maximum Gasteiger partial charge on any atom is 0.159 e. The number of hydrogen-bond donors (Lipinski definition) is 3. The molecule has 0 bridgehead atoms. The molecule has 0 aliphatic rings. The van der Waals surface area contributed by atoms with Crippen LogP contribution in [0.5, 0.6) is 0 Å². The second-order valence-corrected chi connectivity index (χ2v) is 5.75. The highest BCUT2D eigenvalue weighted by Crippen LogP contribution is 2.23. The molecular weight excluding hydrogens is 276 g/mol. The minimum Gasteiger partial charge on any atom is -0.409 e. The van der Waals surface area contributed by atoms with Crippen LogP contribution in [0.2, 0.25) is 0 Å². The van der Waals surface area contributed by atoms with Crippen LogP contribution in [0.1, 0.15) is 38.7 Å². The molecule has 0 heterocycles. The number of halogens is 2. The topological polar surface area (TPSA) is 70.6 Å². The van der Waals surface area contributed by atoms with Gasteiger partial charge in [-0.05, 0) is 37.1 Å². The van der Waals surface area contributed by atoms with Crippen LogP contribution in [-0.2, 0) is 6.54 Å². The molecule has 6 heteroatoms. The van der Waals surface area contributed by atoms with E-state index < -0.39 is 11.6 Å². The van der Waals surface area contributed by atoms with Crippen LogP contribution < -0.4 is 11.1 Å². The van der Waals surface area contributed by atoms with Gasteiger partial charge in [-0.1, -0.05) is 31.5 Å². The van der Waals surface area contributed by atoms with Crippen molar-refractivity contribution in [3.05, 3.63) is 35.4 Å². The Morgan fingerprint density at radius 2 is 2.00 bits per heavy atom. The van der Waals surface area contributed by atoms with Gasteiger partial charge in [-0.3, -0.25) is 0 Å². The monoisotopic (exact) mass is 299 g/mol. The lowest BCUT2D eigenvalue weighted by molar-refractivity contribution is 0.304. The first-order valence-electron chi connectivity index (χ1n) is 6.99. The van der Waals surface area contributed by atoms with E-state index in [0.29, 0.717) is 12.1 Å². The number of benzene rings is 1. The molecule has 0 radical (unpaired) electrons. The van der Waals surface area contributed by atoms with Crippen LogP contribution in [0.25, 0.3) is 0 Å². The van der Waals surface area contributed by atoms with Gasteiger partial charge >= 0.3 is 0 Å². The van der Waals surface area contributed by atoms with E-state index >= 15 is 0 Å². The summed E-state index contributed by atoms with van der Waals surface area (Å²) in [5.41, 5.74) is 6.00. The molecule has 0 saturated heterocycles. The van der Waals surface area contributed by atoms with E-state index in [4.69, 9.17) is 10.9 Å². The maximum absolute atomic E-state index is 13.0. The number of oxime groups is 1. The zero-order chi connectivity index (χ0) is 15.9. The summed E-state index contributed by atoms with van der Waals surface area (Å²) in [6, 6.07) is 3.89. The Hall–Kier alpha value is -1.69. The van der Waals surface area contributed by atoms with Crippen molar-refractivity contribution < 1.29 is 14.0 Å². The van der Waals surface area contributed by atoms with E-state index in [1.54, 1.807) is 6.07 Å². The molecule has 0 fully saturated rings. The number of amidine groups is 1. The Morgan fingerprint density at radius 1 is 1.29 bits per heavy atom. The molecule has 4 N–H and O–H groups in total. The normalized spacial score (nSPS) is 12.7. The Bertz CT molecular complexity index is 490. The van der Waals surface area contributed by atoms with Crippen LogP contribution in [0.15, 0.2) is 23.4 Å². The number of nitrogens with two attached hydrogens (primary N) is 1. The fraction of sp³-hybridized carbons (Fsp3) is 0.533. The summed E-state index contributed by atoms with van der Waals surface area (Å²) in [6.07, 6.45) is 2.66. The summed E-state index contributed by atoms with van der Waals surface area (Å²) in [6.45, 7) is 5.12. The minimum atomic E-state index is -0.830. The van der Waals surface area contributed by atoms with E-state index in [2.05, 4.69) is 10.5 Å². The Kier molecular flexibility index (Phi) is 6.55. The molecule has 118 valence electrons. The molecule has 0 aliphatic heterocycles. The van der Waals surface area contributed by atoms with Crippen LogP contribution in [0.4, 0.5) is 8.78 Å². The van der Waals surface area contributed by atoms with Gasteiger partial charge in [0.1, 0.15) is 5.84 Å². The predicted octanol–water partition coefficient (Wildman–Crippen LogP) is 3.00. The molecule has 0 aromatic heterocycles. The average molecular weight is 299 g/mol. The maximum atomic E-state index is 13.0. The zero-order valence-electron chi connectivity index (χ0n) is 12.5. The SMILES string of the molecule is CC(C)(CCCCNCc1ccc(F)c(F)c1)/C(N)=N/O. The Balaban J connectivity index is 2.22.